The molecule has 1 aromatic rings. The highest BCUT2D eigenvalue weighted by Gasteiger charge is 2.37. The molecule has 100 valence electrons. The Morgan fingerprint density at radius 2 is 2.11 bits per heavy atom. The third-order valence-corrected chi connectivity index (χ3v) is 3.69. The van der Waals surface area contributed by atoms with E-state index in [1.165, 1.54) is 0 Å². The summed E-state index contributed by atoms with van der Waals surface area (Å²) in [4.78, 5) is 0. The average Bonchev–Trinajstić information content (AvgIpc) is 2.92. The molecule has 1 heterocycles. The van der Waals surface area contributed by atoms with Gasteiger partial charge in [-0.2, -0.15) is 0 Å². The van der Waals surface area contributed by atoms with Crippen LogP contribution in [0.3, 0.4) is 0 Å². The zero-order valence-corrected chi connectivity index (χ0v) is 11.2. The molecule has 4 nitrogen and oxygen atoms in total. The monoisotopic (exact) mass is 251 g/mol. The molecular weight excluding hydrogens is 230 g/mol. The normalized spacial score (nSPS) is 22.6. The van der Waals surface area contributed by atoms with Crippen molar-refractivity contribution in [3.8, 4) is 11.5 Å². The average molecular weight is 251 g/mol. The summed E-state index contributed by atoms with van der Waals surface area (Å²) in [5, 5.41) is 14.1. The first-order valence-corrected chi connectivity index (χ1v) is 6.28. The first-order valence-electron chi connectivity index (χ1n) is 6.28. The predicted molar refractivity (Wildman–Crippen MR) is 70.1 cm³/mol. The van der Waals surface area contributed by atoms with E-state index in [-0.39, 0.29) is 6.04 Å². The van der Waals surface area contributed by atoms with Crippen molar-refractivity contribution in [3.63, 3.8) is 0 Å². The summed E-state index contributed by atoms with van der Waals surface area (Å²) in [6, 6.07) is 5.59. The second-order valence-corrected chi connectivity index (χ2v) is 4.86. The van der Waals surface area contributed by atoms with Gasteiger partial charge in [0.1, 0.15) is 17.1 Å². The van der Waals surface area contributed by atoms with Crippen LogP contribution in [-0.2, 0) is 5.60 Å². The highest BCUT2D eigenvalue weighted by atomic mass is 16.5. The largest absolute Gasteiger partial charge is 0.497 e. The third-order valence-electron chi connectivity index (χ3n) is 3.69. The van der Waals surface area contributed by atoms with E-state index in [9.17, 15) is 5.11 Å². The van der Waals surface area contributed by atoms with Gasteiger partial charge in [-0.05, 0) is 38.4 Å². The van der Waals surface area contributed by atoms with Crippen LogP contribution in [0, 0.1) is 0 Å². The number of hydrogen-bond acceptors (Lipinski definition) is 4. The molecule has 1 fully saturated rings. The van der Waals surface area contributed by atoms with Crippen LogP contribution in [0.1, 0.15) is 25.3 Å². The molecule has 0 bridgehead atoms. The maximum absolute atomic E-state index is 10.8. The van der Waals surface area contributed by atoms with Crippen LogP contribution in [0.4, 0.5) is 0 Å². The molecule has 2 atom stereocenters. The van der Waals surface area contributed by atoms with E-state index in [1.807, 2.05) is 19.1 Å². The SMILES string of the molecule is COc1ccc([C@@](C)(O)[C@@H]2CCCN2)c(OC)c1. The molecule has 2 N–H and O–H groups in total. The smallest absolute Gasteiger partial charge is 0.128 e. The van der Waals surface area contributed by atoms with Crippen LogP contribution in [0.5, 0.6) is 11.5 Å². The first kappa shape index (κ1) is 13.2. The van der Waals surface area contributed by atoms with E-state index in [1.54, 1.807) is 20.3 Å². The van der Waals surface area contributed by atoms with Crippen molar-refractivity contribution in [2.24, 2.45) is 0 Å². The molecule has 1 saturated heterocycles. The fraction of sp³-hybridized carbons (Fsp3) is 0.571. The van der Waals surface area contributed by atoms with Gasteiger partial charge < -0.3 is 19.9 Å². The van der Waals surface area contributed by atoms with Gasteiger partial charge in [-0.1, -0.05) is 0 Å². The van der Waals surface area contributed by atoms with Crippen LogP contribution in [0.2, 0.25) is 0 Å². The van der Waals surface area contributed by atoms with Gasteiger partial charge in [0.2, 0.25) is 0 Å². The van der Waals surface area contributed by atoms with Crippen molar-refractivity contribution in [1.29, 1.82) is 0 Å². The second kappa shape index (κ2) is 5.16. The molecule has 0 unspecified atom stereocenters. The fourth-order valence-corrected chi connectivity index (χ4v) is 2.57. The lowest BCUT2D eigenvalue weighted by molar-refractivity contribution is 0.0196. The summed E-state index contributed by atoms with van der Waals surface area (Å²) < 4.78 is 10.5. The number of nitrogens with one attached hydrogen (secondary N) is 1. The summed E-state index contributed by atoms with van der Waals surface area (Å²) >= 11 is 0. The van der Waals surface area contributed by atoms with E-state index in [2.05, 4.69) is 5.32 Å². The molecule has 0 saturated carbocycles. The van der Waals surface area contributed by atoms with Crippen LogP contribution >= 0.6 is 0 Å². The quantitative estimate of drug-likeness (QED) is 0.854. The number of hydrogen-bond donors (Lipinski definition) is 2. The van der Waals surface area contributed by atoms with Gasteiger partial charge in [-0.3, -0.25) is 0 Å². The molecule has 0 amide bonds. The molecule has 18 heavy (non-hydrogen) atoms. The topological polar surface area (TPSA) is 50.7 Å². The molecule has 2 rings (SSSR count). The van der Waals surface area contributed by atoms with E-state index in [0.29, 0.717) is 5.75 Å². The van der Waals surface area contributed by atoms with Crippen molar-refractivity contribution in [1.82, 2.24) is 5.32 Å². The number of ether oxygens (including phenoxy) is 2. The minimum Gasteiger partial charge on any atom is -0.497 e. The standard InChI is InChI=1S/C14H21NO3/c1-14(16,13-5-4-8-15-13)11-7-6-10(17-2)9-12(11)18-3/h6-7,9,13,15-16H,4-5,8H2,1-3H3/t13-,14+/m0/s1. The van der Waals surface area contributed by atoms with E-state index in [0.717, 1.165) is 30.7 Å². The van der Waals surface area contributed by atoms with Crippen LogP contribution in [0.25, 0.3) is 0 Å². The fourth-order valence-electron chi connectivity index (χ4n) is 2.57. The van der Waals surface area contributed by atoms with Crippen molar-refractivity contribution >= 4 is 0 Å². The van der Waals surface area contributed by atoms with Gasteiger partial charge in [0.25, 0.3) is 0 Å². The molecule has 0 aromatic heterocycles. The van der Waals surface area contributed by atoms with Gasteiger partial charge in [0, 0.05) is 17.7 Å². The van der Waals surface area contributed by atoms with Crippen molar-refractivity contribution in [3.05, 3.63) is 23.8 Å². The Kier molecular flexibility index (Phi) is 3.78. The Balaban J connectivity index is 2.36. The van der Waals surface area contributed by atoms with Gasteiger partial charge in [-0.15, -0.1) is 0 Å². The molecule has 4 heteroatoms. The number of rotatable bonds is 4. The summed E-state index contributed by atoms with van der Waals surface area (Å²) in [5.41, 5.74) is -0.140. The van der Waals surface area contributed by atoms with Gasteiger partial charge >= 0.3 is 0 Å². The maximum atomic E-state index is 10.8. The summed E-state index contributed by atoms with van der Waals surface area (Å²) in [7, 11) is 3.22. The minimum absolute atomic E-state index is 0.0693. The Morgan fingerprint density at radius 1 is 1.33 bits per heavy atom. The second-order valence-electron chi connectivity index (χ2n) is 4.86. The zero-order valence-electron chi connectivity index (χ0n) is 11.2. The number of methoxy groups -OCH3 is 2. The van der Waals surface area contributed by atoms with Crippen LogP contribution in [-0.4, -0.2) is 31.9 Å². The Labute approximate surface area is 108 Å². The molecule has 1 aromatic carbocycles. The molecule has 1 aliphatic rings. The lowest BCUT2D eigenvalue weighted by Crippen LogP contribution is -2.43. The Bertz CT molecular complexity index is 412. The summed E-state index contributed by atoms with van der Waals surface area (Å²) in [6.07, 6.45) is 2.07. The summed E-state index contributed by atoms with van der Waals surface area (Å²) in [6.45, 7) is 2.79. The number of benzene rings is 1. The minimum atomic E-state index is -0.936. The third kappa shape index (κ3) is 2.31. The zero-order chi connectivity index (χ0) is 13.2. The molecule has 0 aliphatic carbocycles. The van der Waals surface area contributed by atoms with Crippen molar-refractivity contribution in [2.45, 2.75) is 31.4 Å². The highest BCUT2D eigenvalue weighted by Crippen LogP contribution is 2.37. The molecule has 0 spiro atoms. The predicted octanol–water partition coefficient (Wildman–Crippen LogP) is 1.66. The van der Waals surface area contributed by atoms with E-state index >= 15 is 0 Å². The lowest BCUT2D eigenvalue weighted by Gasteiger charge is -2.32. The van der Waals surface area contributed by atoms with Crippen LogP contribution < -0.4 is 14.8 Å². The van der Waals surface area contributed by atoms with Crippen molar-refractivity contribution < 1.29 is 14.6 Å². The van der Waals surface area contributed by atoms with E-state index in [4.69, 9.17) is 9.47 Å². The number of aliphatic hydroxyl groups is 1. The highest BCUT2D eigenvalue weighted by molar-refractivity contribution is 5.44. The summed E-state index contributed by atoms with van der Waals surface area (Å²) in [5.74, 6) is 1.39. The Hall–Kier alpha value is -1.26. The van der Waals surface area contributed by atoms with Crippen LogP contribution in [0.15, 0.2) is 18.2 Å². The maximum Gasteiger partial charge on any atom is 0.128 e. The van der Waals surface area contributed by atoms with E-state index < -0.39 is 5.60 Å². The molecule has 1 aliphatic heterocycles. The lowest BCUT2D eigenvalue weighted by atomic mass is 9.86. The van der Waals surface area contributed by atoms with Gasteiger partial charge in [-0.25, -0.2) is 0 Å². The molecule has 0 radical (unpaired) electrons. The van der Waals surface area contributed by atoms with Crippen molar-refractivity contribution in [2.75, 3.05) is 20.8 Å². The van der Waals surface area contributed by atoms with Gasteiger partial charge in [0.15, 0.2) is 0 Å². The molecular formula is C14H21NO3. The Morgan fingerprint density at radius 3 is 2.67 bits per heavy atom. The van der Waals surface area contributed by atoms with Gasteiger partial charge in [0.05, 0.1) is 14.2 Å². The first-order chi connectivity index (χ1) is 8.59.